The standard InChI is InChI=1S/C9H14N2O2/c1-4-7-8(5-12)10-6(2)11(3)9(7)13/h12H,4-5H2,1-3H3. The number of aliphatic hydroxyl groups is 1. The molecule has 0 saturated carbocycles. The third-order valence-corrected chi connectivity index (χ3v) is 2.20. The van der Waals surface area contributed by atoms with Crippen LogP contribution in [0.5, 0.6) is 0 Å². The zero-order chi connectivity index (χ0) is 10.0. The predicted octanol–water partition coefficient (Wildman–Crippen LogP) is 0.143. The van der Waals surface area contributed by atoms with Gasteiger partial charge in [-0.15, -0.1) is 0 Å². The normalized spacial score (nSPS) is 10.5. The molecular weight excluding hydrogens is 168 g/mol. The van der Waals surface area contributed by atoms with Crippen molar-refractivity contribution in [2.45, 2.75) is 26.9 Å². The molecule has 0 aliphatic carbocycles. The maximum atomic E-state index is 11.6. The van der Waals surface area contributed by atoms with Crippen LogP contribution in [0.2, 0.25) is 0 Å². The van der Waals surface area contributed by atoms with Gasteiger partial charge >= 0.3 is 0 Å². The van der Waals surface area contributed by atoms with E-state index in [1.54, 1.807) is 14.0 Å². The third kappa shape index (κ3) is 1.62. The molecule has 0 fully saturated rings. The highest BCUT2D eigenvalue weighted by Crippen LogP contribution is 2.02. The minimum absolute atomic E-state index is 0.0564. The molecule has 13 heavy (non-hydrogen) atoms. The van der Waals surface area contributed by atoms with Crippen LogP contribution in [0.1, 0.15) is 24.0 Å². The number of rotatable bonds is 2. The van der Waals surface area contributed by atoms with Crippen molar-refractivity contribution >= 4 is 0 Å². The summed E-state index contributed by atoms with van der Waals surface area (Å²) < 4.78 is 1.50. The van der Waals surface area contributed by atoms with Crippen molar-refractivity contribution in [3.05, 3.63) is 27.4 Å². The van der Waals surface area contributed by atoms with Crippen LogP contribution in [-0.2, 0) is 20.1 Å². The first-order valence-electron chi connectivity index (χ1n) is 4.28. The molecule has 0 aliphatic heterocycles. The van der Waals surface area contributed by atoms with E-state index in [9.17, 15) is 4.79 Å². The van der Waals surface area contributed by atoms with Gasteiger partial charge in [0.05, 0.1) is 12.3 Å². The predicted molar refractivity (Wildman–Crippen MR) is 49.5 cm³/mol. The van der Waals surface area contributed by atoms with Crippen molar-refractivity contribution in [2.24, 2.45) is 7.05 Å². The van der Waals surface area contributed by atoms with Crippen LogP contribution in [0.4, 0.5) is 0 Å². The van der Waals surface area contributed by atoms with Crippen LogP contribution in [-0.4, -0.2) is 14.7 Å². The lowest BCUT2D eigenvalue weighted by Gasteiger charge is -2.08. The van der Waals surface area contributed by atoms with E-state index in [0.29, 0.717) is 23.5 Å². The van der Waals surface area contributed by atoms with E-state index in [1.807, 2.05) is 6.92 Å². The maximum Gasteiger partial charge on any atom is 0.256 e. The number of aryl methyl sites for hydroxylation is 1. The quantitative estimate of drug-likeness (QED) is 0.708. The fourth-order valence-electron chi connectivity index (χ4n) is 1.30. The molecule has 0 bridgehead atoms. The van der Waals surface area contributed by atoms with Gasteiger partial charge in [0, 0.05) is 12.6 Å². The lowest BCUT2D eigenvalue weighted by atomic mass is 10.2. The minimum Gasteiger partial charge on any atom is -0.390 e. The molecule has 0 radical (unpaired) electrons. The zero-order valence-electron chi connectivity index (χ0n) is 8.16. The smallest absolute Gasteiger partial charge is 0.256 e. The van der Waals surface area contributed by atoms with Crippen LogP contribution in [0.3, 0.4) is 0 Å². The summed E-state index contributed by atoms with van der Waals surface area (Å²) in [5.41, 5.74) is 1.05. The summed E-state index contributed by atoms with van der Waals surface area (Å²) in [5.74, 6) is 0.631. The highest BCUT2D eigenvalue weighted by molar-refractivity contribution is 5.17. The Morgan fingerprint density at radius 1 is 1.54 bits per heavy atom. The summed E-state index contributed by atoms with van der Waals surface area (Å²) >= 11 is 0. The van der Waals surface area contributed by atoms with Gasteiger partial charge in [0.25, 0.3) is 5.56 Å². The fourth-order valence-corrected chi connectivity index (χ4v) is 1.30. The summed E-state index contributed by atoms with van der Waals surface area (Å²) in [6.45, 7) is 3.47. The van der Waals surface area contributed by atoms with Crippen LogP contribution in [0, 0.1) is 6.92 Å². The first-order chi connectivity index (χ1) is 6.11. The third-order valence-electron chi connectivity index (χ3n) is 2.20. The highest BCUT2D eigenvalue weighted by atomic mass is 16.3. The van der Waals surface area contributed by atoms with Gasteiger partial charge in [-0.3, -0.25) is 9.36 Å². The second-order valence-electron chi connectivity index (χ2n) is 2.96. The Balaban J connectivity index is 3.48. The Morgan fingerprint density at radius 2 is 2.15 bits per heavy atom. The van der Waals surface area contributed by atoms with Crippen LogP contribution in [0.15, 0.2) is 4.79 Å². The second kappa shape index (κ2) is 3.70. The molecule has 1 N–H and O–H groups in total. The lowest BCUT2D eigenvalue weighted by Crippen LogP contribution is -2.26. The molecule has 0 saturated heterocycles. The van der Waals surface area contributed by atoms with Crippen molar-refractivity contribution in [1.29, 1.82) is 0 Å². The Morgan fingerprint density at radius 3 is 2.62 bits per heavy atom. The summed E-state index contributed by atoms with van der Waals surface area (Å²) in [5, 5.41) is 8.98. The lowest BCUT2D eigenvalue weighted by molar-refractivity contribution is 0.274. The molecule has 1 rings (SSSR count). The second-order valence-corrected chi connectivity index (χ2v) is 2.96. The monoisotopic (exact) mass is 182 g/mol. The summed E-state index contributed by atoms with van der Waals surface area (Å²) in [6, 6.07) is 0. The molecule has 0 unspecified atom stereocenters. The Labute approximate surface area is 76.9 Å². The van der Waals surface area contributed by atoms with Gasteiger partial charge in [-0.05, 0) is 13.3 Å². The number of aliphatic hydroxyl groups excluding tert-OH is 1. The van der Waals surface area contributed by atoms with Crippen molar-refractivity contribution in [1.82, 2.24) is 9.55 Å². The Bertz CT molecular complexity index is 369. The van der Waals surface area contributed by atoms with Crippen LogP contribution >= 0.6 is 0 Å². The molecule has 1 aromatic heterocycles. The van der Waals surface area contributed by atoms with E-state index in [2.05, 4.69) is 4.98 Å². The van der Waals surface area contributed by atoms with Crippen LogP contribution in [0.25, 0.3) is 0 Å². The molecule has 4 nitrogen and oxygen atoms in total. The van der Waals surface area contributed by atoms with E-state index in [4.69, 9.17) is 5.11 Å². The van der Waals surface area contributed by atoms with Gasteiger partial charge in [-0.25, -0.2) is 4.98 Å². The molecule has 1 aromatic rings. The maximum absolute atomic E-state index is 11.6. The number of nitrogens with zero attached hydrogens (tertiary/aromatic N) is 2. The number of hydrogen-bond acceptors (Lipinski definition) is 3. The molecule has 0 amide bonds. The van der Waals surface area contributed by atoms with Crippen LogP contribution < -0.4 is 5.56 Å². The van der Waals surface area contributed by atoms with Crippen molar-refractivity contribution < 1.29 is 5.11 Å². The zero-order valence-corrected chi connectivity index (χ0v) is 8.16. The first kappa shape index (κ1) is 9.92. The molecular formula is C9H14N2O2. The van der Waals surface area contributed by atoms with Gasteiger partial charge in [0.15, 0.2) is 0 Å². The van der Waals surface area contributed by atoms with Crippen molar-refractivity contribution in [2.75, 3.05) is 0 Å². The fraction of sp³-hybridized carbons (Fsp3) is 0.556. The number of hydrogen-bond donors (Lipinski definition) is 1. The first-order valence-corrected chi connectivity index (χ1v) is 4.28. The Kier molecular flexibility index (Phi) is 2.83. The molecule has 0 aliphatic rings. The molecule has 0 spiro atoms. The van der Waals surface area contributed by atoms with E-state index < -0.39 is 0 Å². The molecule has 1 heterocycles. The van der Waals surface area contributed by atoms with E-state index in [-0.39, 0.29) is 12.2 Å². The average Bonchev–Trinajstić information content (AvgIpc) is 2.13. The van der Waals surface area contributed by atoms with Gasteiger partial charge in [-0.2, -0.15) is 0 Å². The average molecular weight is 182 g/mol. The van der Waals surface area contributed by atoms with Crippen molar-refractivity contribution in [3.8, 4) is 0 Å². The molecule has 4 heteroatoms. The largest absolute Gasteiger partial charge is 0.390 e. The van der Waals surface area contributed by atoms with Crippen molar-refractivity contribution in [3.63, 3.8) is 0 Å². The molecule has 0 aromatic carbocycles. The molecule has 72 valence electrons. The van der Waals surface area contributed by atoms with Gasteiger partial charge in [0.1, 0.15) is 5.82 Å². The summed E-state index contributed by atoms with van der Waals surface area (Å²) in [4.78, 5) is 15.7. The minimum atomic E-state index is -0.167. The van der Waals surface area contributed by atoms with E-state index in [0.717, 1.165) is 0 Å². The van der Waals surface area contributed by atoms with Gasteiger partial charge in [-0.1, -0.05) is 6.92 Å². The number of aromatic nitrogens is 2. The summed E-state index contributed by atoms with van der Waals surface area (Å²) in [7, 11) is 1.69. The summed E-state index contributed by atoms with van der Waals surface area (Å²) in [6.07, 6.45) is 0.607. The highest BCUT2D eigenvalue weighted by Gasteiger charge is 2.09. The van der Waals surface area contributed by atoms with Gasteiger partial charge < -0.3 is 5.11 Å². The van der Waals surface area contributed by atoms with E-state index >= 15 is 0 Å². The molecule has 0 atom stereocenters. The SMILES string of the molecule is CCc1c(CO)nc(C)n(C)c1=O. The Hall–Kier alpha value is -1.16. The van der Waals surface area contributed by atoms with Gasteiger partial charge in [0.2, 0.25) is 0 Å². The topological polar surface area (TPSA) is 55.1 Å². The van der Waals surface area contributed by atoms with E-state index in [1.165, 1.54) is 4.57 Å².